The number of hydrogen-bond donors (Lipinski definition) is 2. The predicted molar refractivity (Wildman–Crippen MR) is 132 cm³/mol. The monoisotopic (exact) mass is 525 g/mol. The fourth-order valence-electron chi connectivity index (χ4n) is 3.32. The van der Waals surface area contributed by atoms with E-state index in [4.69, 9.17) is 9.73 Å². The van der Waals surface area contributed by atoms with Gasteiger partial charge in [0, 0.05) is 45.8 Å². The van der Waals surface area contributed by atoms with Crippen molar-refractivity contribution < 1.29 is 9.53 Å². The van der Waals surface area contributed by atoms with Gasteiger partial charge < -0.3 is 25.2 Å². The minimum absolute atomic E-state index is 0. The third kappa shape index (κ3) is 12.5. The highest BCUT2D eigenvalue weighted by atomic mass is 127. The number of nitrogens with one attached hydrogen (secondary N) is 2. The first-order chi connectivity index (χ1) is 13.1. The zero-order chi connectivity index (χ0) is 21.2. The Morgan fingerprint density at radius 1 is 1.28 bits per heavy atom. The van der Waals surface area contributed by atoms with Gasteiger partial charge in [0.1, 0.15) is 5.60 Å². The van der Waals surface area contributed by atoms with Crippen molar-refractivity contribution in [2.75, 3.05) is 46.3 Å². The highest BCUT2D eigenvalue weighted by molar-refractivity contribution is 14.0. The van der Waals surface area contributed by atoms with E-state index in [1.54, 1.807) is 11.9 Å². The lowest BCUT2D eigenvalue weighted by Crippen LogP contribution is -2.49. The van der Waals surface area contributed by atoms with Crippen molar-refractivity contribution in [2.24, 2.45) is 10.9 Å². The summed E-state index contributed by atoms with van der Waals surface area (Å²) in [4.78, 5) is 21.0. The van der Waals surface area contributed by atoms with E-state index in [2.05, 4.69) is 36.3 Å². The molecule has 1 unspecified atom stereocenters. The van der Waals surface area contributed by atoms with Crippen LogP contribution < -0.4 is 10.6 Å². The fourth-order valence-corrected chi connectivity index (χ4v) is 3.32. The molecule has 1 atom stereocenters. The normalized spacial score (nSPS) is 17.3. The molecule has 0 aromatic heterocycles. The first-order valence-electron chi connectivity index (χ1n) is 10.9. The van der Waals surface area contributed by atoms with E-state index in [9.17, 15) is 4.79 Å². The van der Waals surface area contributed by atoms with Crippen LogP contribution in [0.25, 0.3) is 0 Å². The van der Waals surface area contributed by atoms with Crippen molar-refractivity contribution in [3.63, 3.8) is 0 Å². The Morgan fingerprint density at radius 3 is 2.41 bits per heavy atom. The number of piperidine rings is 1. The Labute approximate surface area is 195 Å². The SMILES string of the molecule is CCCN1CCC(NC(=NCC(C)CN(C)C(=O)OC(C)(C)C)NCC)CC1.I. The van der Waals surface area contributed by atoms with Gasteiger partial charge in [0.2, 0.25) is 0 Å². The van der Waals surface area contributed by atoms with Gasteiger partial charge in [0.25, 0.3) is 0 Å². The van der Waals surface area contributed by atoms with E-state index in [1.165, 1.54) is 13.0 Å². The second kappa shape index (κ2) is 14.3. The third-order valence-corrected chi connectivity index (χ3v) is 4.66. The van der Waals surface area contributed by atoms with Crippen molar-refractivity contribution in [3.05, 3.63) is 0 Å². The van der Waals surface area contributed by atoms with Crippen molar-refractivity contribution >= 4 is 36.0 Å². The quantitative estimate of drug-likeness (QED) is 0.288. The van der Waals surface area contributed by atoms with Crippen LogP contribution in [0.2, 0.25) is 0 Å². The second-order valence-electron chi connectivity index (χ2n) is 8.95. The Balaban J connectivity index is 0.00000784. The average Bonchev–Trinajstić information content (AvgIpc) is 2.60. The molecule has 0 aromatic carbocycles. The molecular formula is C21H44IN5O2. The maximum atomic E-state index is 12.1. The lowest BCUT2D eigenvalue weighted by atomic mass is 10.1. The number of halogens is 1. The van der Waals surface area contributed by atoms with Gasteiger partial charge >= 0.3 is 6.09 Å². The number of carbonyl (C=O) groups is 1. The van der Waals surface area contributed by atoms with Gasteiger partial charge in [-0.15, -0.1) is 24.0 Å². The standard InChI is InChI=1S/C21H43N5O2.HI/c1-8-12-26-13-10-18(11-14-26)24-19(22-9-2)23-15-17(3)16-25(7)20(27)28-21(4,5)6;/h17-18H,8-16H2,1-7H3,(H2,22,23,24);1H. The lowest BCUT2D eigenvalue weighted by Gasteiger charge is -2.33. The van der Waals surface area contributed by atoms with Gasteiger partial charge in [-0.05, 0) is 59.4 Å². The summed E-state index contributed by atoms with van der Waals surface area (Å²) in [5, 5.41) is 6.94. The highest BCUT2D eigenvalue weighted by Gasteiger charge is 2.21. The van der Waals surface area contributed by atoms with E-state index in [0.717, 1.165) is 38.4 Å². The molecule has 0 aliphatic carbocycles. The van der Waals surface area contributed by atoms with Crippen LogP contribution in [-0.4, -0.2) is 79.8 Å². The second-order valence-corrected chi connectivity index (χ2v) is 8.95. The fraction of sp³-hybridized carbons (Fsp3) is 0.905. The molecule has 1 heterocycles. The van der Waals surface area contributed by atoms with Gasteiger partial charge in [0.15, 0.2) is 5.96 Å². The Hall–Kier alpha value is -0.770. The van der Waals surface area contributed by atoms with Crippen LogP contribution in [0.15, 0.2) is 4.99 Å². The molecular weight excluding hydrogens is 481 g/mol. The van der Waals surface area contributed by atoms with Crippen LogP contribution in [0.3, 0.4) is 0 Å². The van der Waals surface area contributed by atoms with Crippen LogP contribution >= 0.6 is 24.0 Å². The Morgan fingerprint density at radius 2 is 1.90 bits per heavy atom. The minimum Gasteiger partial charge on any atom is -0.444 e. The molecule has 0 spiro atoms. The molecule has 7 nitrogen and oxygen atoms in total. The summed E-state index contributed by atoms with van der Waals surface area (Å²) in [5.74, 6) is 1.13. The number of aliphatic imine (C=N–C) groups is 1. The number of rotatable bonds is 8. The molecule has 1 aliphatic heterocycles. The molecule has 0 bridgehead atoms. The zero-order valence-corrected chi connectivity index (χ0v) is 21.9. The molecule has 0 saturated carbocycles. The molecule has 1 fully saturated rings. The van der Waals surface area contributed by atoms with Crippen LogP contribution in [0.4, 0.5) is 4.79 Å². The molecule has 8 heteroatoms. The molecule has 1 aliphatic rings. The first-order valence-corrected chi connectivity index (χ1v) is 10.9. The van der Waals surface area contributed by atoms with Crippen molar-refractivity contribution in [2.45, 2.75) is 72.4 Å². The molecule has 1 saturated heterocycles. The molecule has 2 N–H and O–H groups in total. The largest absolute Gasteiger partial charge is 0.444 e. The molecule has 0 radical (unpaired) electrons. The zero-order valence-electron chi connectivity index (χ0n) is 19.6. The Kier molecular flexibility index (Phi) is 13.9. The third-order valence-electron chi connectivity index (χ3n) is 4.66. The number of carbonyl (C=O) groups excluding carboxylic acids is 1. The van der Waals surface area contributed by atoms with Gasteiger partial charge in [-0.25, -0.2) is 4.79 Å². The van der Waals surface area contributed by atoms with Gasteiger partial charge in [-0.3, -0.25) is 4.99 Å². The summed E-state index contributed by atoms with van der Waals surface area (Å²) in [6.07, 6.45) is 3.24. The summed E-state index contributed by atoms with van der Waals surface area (Å²) in [6.45, 7) is 17.7. The number of guanidine groups is 1. The van der Waals surface area contributed by atoms with Crippen LogP contribution in [0, 0.1) is 5.92 Å². The number of hydrogen-bond acceptors (Lipinski definition) is 4. The summed E-state index contributed by atoms with van der Waals surface area (Å²) in [6, 6.07) is 0.477. The van der Waals surface area contributed by atoms with Gasteiger partial charge in [0.05, 0.1) is 0 Å². The number of amides is 1. The maximum absolute atomic E-state index is 12.1. The van der Waals surface area contributed by atoms with Crippen LogP contribution in [0.5, 0.6) is 0 Å². The first kappa shape index (κ1) is 28.2. The van der Waals surface area contributed by atoms with Crippen molar-refractivity contribution in [1.29, 1.82) is 0 Å². The number of nitrogens with zero attached hydrogens (tertiary/aromatic N) is 3. The van der Waals surface area contributed by atoms with Gasteiger partial charge in [-0.2, -0.15) is 0 Å². The molecule has 0 aromatic rings. The molecule has 1 amide bonds. The molecule has 172 valence electrons. The van der Waals surface area contributed by atoms with E-state index in [1.807, 2.05) is 20.8 Å². The number of likely N-dealkylation sites (tertiary alicyclic amines) is 1. The van der Waals surface area contributed by atoms with Crippen molar-refractivity contribution in [1.82, 2.24) is 20.4 Å². The average molecular weight is 526 g/mol. The van der Waals surface area contributed by atoms with E-state index in [-0.39, 0.29) is 36.0 Å². The summed E-state index contributed by atoms with van der Waals surface area (Å²) < 4.78 is 5.41. The topological polar surface area (TPSA) is 69.2 Å². The summed E-state index contributed by atoms with van der Waals surface area (Å²) >= 11 is 0. The van der Waals surface area contributed by atoms with E-state index < -0.39 is 5.60 Å². The molecule has 29 heavy (non-hydrogen) atoms. The van der Waals surface area contributed by atoms with E-state index >= 15 is 0 Å². The smallest absolute Gasteiger partial charge is 0.410 e. The number of ether oxygens (including phenoxy) is 1. The summed E-state index contributed by atoms with van der Waals surface area (Å²) in [5.41, 5.74) is -0.471. The predicted octanol–water partition coefficient (Wildman–Crippen LogP) is 3.54. The molecule has 1 rings (SSSR count). The lowest BCUT2D eigenvalue weighted by molar-refractivity contribution is 0.0279. The Bertz CT molecular complexity index is 488. The minimum atomic E-state index is -0.471. The maximum Gasteiger partial charge on any atom is 0.410 e. The highest BCUT2D eigenvalue weighted by Crippen LogP contribution is 2.12. The van der Waals surface area contributed by atoms with Gasteiger partial charge in [-0.1, -0.05) is 13.8 Å². The van der Waals surface area contributed by atoms with Crippen LogP contribution in [-0.2, 0) is 4.74 Å². The van der Waals surface area contributed by atoms with E-state index in [0.29, 0.717) is 19.1 Å². The summed E-state index contributed by atoms with van der Waals surface area (Å²) in [7, 11) is 1.78. The van der Waals surface area contributed by atoms with Crippen LogP contribution in [0.1, 0.15) is 60.8 Å². The van der Waals surface area contributed by atoms with Crippen molar-refractivity contribution in [3.8, 4) is 0 Å².